The second kappa shape index (κ2) is 7.05. The first-order chi connectivity index (χ1) is 13.7. The van der Waals surface area contributed by atoms with Gasteiger partial charge in [0.15, 0.2) is 0 Å². The first kappa shape index (κ1) is 21.7. The Hall–Kier alpha value is -3.00. The molecule has 1 heterocycles. The molecule has 1 aromatic heterocycles. The number of aromatic nitrogens is 2. The van der Waals surface area contributed by atoms with E-state index in [1.165, 1.54) is 0 Å². The molecule has 0 aliphatic carbocycles. The van der Waals surface area contributed by atoms with Gasteiger partial charge in [-0.1, -0.05) is 0 Å². The molecule has 0 saturated heterocycles. The second-order valence-corrected chi connectivity index (χ2v) is 7.37. The lowest BCUT2D eigenvalue weighted by Crippen LogP contribution is -2.15. The minimum atomic E-state index is -4.93. The van der Waals surface area contributed by atoms with Crippen molar-refractivity contribution >= 4 is 10.0 Å². The molecule has 160 valence electrons. The molecule has 0 radical (unpaired) electrons. The van der Waals surface area contributed by atoms with Crippen LogP contribution in [0, 0.1) is 29.2 Å². The van der Waals surface area contributed by atoms with Gasteiger partial charge in [-0.15, -0.1) is 5.10 Å². The Morgan fingerprint density at radius 2 is 1.53 bits per heavy atom. The SMILES string of the molecule is NS(=O)(=O)c1cc(F)c(-c2c(F)c(F)nn2-c2ccc(C(F)(F)F)cc2F)cc1F. The van der Waals surface area contributed by atoms with E-state index in [0.717, 1.165) is 0 Å². The molecule has 2 aromatic carbocycles. The molecule has 0 spiro atoms. The van der Waals surface area contributed by atoms with Crippen LogP contribution < -0.4 is 5.14 Å². The van der Waals surface area contributed by atoms with Crippen LogP contribution in [0.25, 0.3) is 16.9 Å². The Morgan fingerprint density at radius 3 is 2.07 bits per heavy atom. The molecule has 30 heavy (non-hydrogen) atoms. The Balaban J connectivity index is 2.27. The summed E-state index contributed by atoms with van der Waals surface area (Å²) in [5, 5.41) is 7.68. The molecule has 2 N–H and O–H groups in total. The second-order valence-electron chi connectivity index (χ2n) is 5.84. The molecule has 0 saturated carbocycles. The minimum absolute atomic E-state index is 0.0115. The summed E-state index contributed by atoms with van der Waals surface area (Å²) in [7, 11) is -4.72. The molecule has 3 aromatic rings. The highest BCUT2D eigenvalue weighted by Gasteiger charge is 2.32. The summed E-state index contributed by atoms with van der Waals surface area (Å²) in [4.78, 5) is -1.29. The highest BCUT2D eigenvalue weighted by atomic mass is 32.2. The van der Waals surface area contributed by atoms with Gasteiger partial charge in [-0.05, 0) is 30.3 Å². The number of primary sulfonamides is 1. The van der Waals surface area contributed by atoms with Gasteiger partial charge in [-0.2, -0.15) is 22.0 Å². The standard InChI is InChI=1S/C16H7F8N3O2S/c17-8-5-12(30(25,28)29)10(19)4-7(8)14-13(20)15(21)26-27(14)11-2-1-6(3-9(11)18)16(22,23)24/h1-5H,(H2,25,28,29). The van der Waals surface area contributed by atoms with Crippen LogP contribution in [0.15, 0.2) is 35.2 Å². The number of rotatable bonds is 3. The van der Waals surface area contributed by atoms with Gasteiger partial charge in [-0.25, -0.2) is 31.4 Å². The topological polar surface area (TPSA) is 78.0 Å². The summed E-state index contributed by atoms with van der Waals surface area (Å²) in [5.41, 5.74) is -4.64. The minimum Gasteiger partial charge on any atom is -0.225 e. The van der Waals surface area contributed by atoms with Crippen LogP contribution in [0.4, 0.5) is 35.1 Å². The number of sulfonamides is 1. The van der Waals surface area contributed by atoms with Gasteiger partial charge in [0.1, 0.15) is 33.7 Å². The molecule has 0 unspecified atom stereocenters. The van der Waals surface area contributed by atoms with Gasteiger partial charge in [0, 0.05) is 5.56 Å². The fraction of sp³-hybridized carbons (Fsp3) is 0.0625. The van der Waals surface area contributed by atoms with E-state index in [0.29, 0.717) is 12.1 Å². The van der Waals surface area contributed by atoms with Crippen molar-refractivity contribution in [3.63, 3.8) is 0 Å². The van der Waals surface area contributed by atoms with Crippen molar-refractivity contribution in [1.82, 2.24) is 9.78 Å². The van der Waals surface area contributed by atoms with E-state index in [9.17, 15) is 43.5 Å². The number of hydrogen-bond donors (Lipinski definition) is 1. The highest BCUT2D eigenvalue weighted by molar-refractivity contribution is 7.89. The summed E-state index contributed by atoms with van der Waals surface area (Å²) in [5.74, 6) is -8.67. The smallest absolute Gasteiger partial charge is 0.225 e. The fourth-order valence-corrected chi connectivity index (χ4v) is 3.16. The van der Waals surface area contributed by atoms with E-state index in [1.807, 2.05) is 0 Å². The van der Waals surface area contributed by atoms with Crippen LogP contribution in [0.1, 0.15) is 5.56 Å². The van der Waals surface area contributed by atoms with Crippen molar-refractivity contribution in [2.24, 2.45) is 5.14 Å². The van der Waals surface area contributed by atoms with Crippen LogP contribution in [0.2, 0.25) is 0 Å². The quantitative estimate of drug-likeness (QED) is 0.606. The van der Waals surface area contributed by atoms with Gasteiger partial charge in [0.25, 0.3) is 5.95 Å². The van der Waals surface area contributed by atoms with E-state index in [1.54, 1.807) is 0 Å². The normalized spacial score (nSPS) is 12.4. The maximum absolute atomic E-state index is 14.4. The molecule has 0 aliphatic heterocycles. The van der Waals surface area contributed by atoms with Crippen molar-refractivity contribution in [2.75, 3.05) is 0 Å². The number of nitrogens with two attached hydrogens (primary N) is 1. The largest absolute Gasteiger partial charge is 0.416 e. The maximum Gasteiger partial charge on any atom is 0.416 e. The van der Waals surface area contributed by atoms with Crippen LogP contribution in [0.3, 0.4) is 0 Å². The molecule has 3 rings (SSSR count). The molecule has 0 atom stereocenters. The third-order valence-electron chi connectivity index (χ3n) is 3.88. The summed E-state index contributed by atoms with van der Waals surface area (Å²) in [6.45, 7) is 0. The third kappa shape index (κ3) is 3.75. The van der Waals surface area contributed by atoms with Crippen molar-refractivity contribution in [1.29, 1.82) is 0 Å². The van der Waals surface area contributed by atoms with Crippen molar-refractivity contribution in [3.8, 4) is 16.9 Å². The van der Waals surface area contributed by atoms with Crippen molar-refractivity contribution in [3.05, 3.63) is 65.1 Å². The Labute approximate surface area is 162 Å². The monoisotopic (exact) mass is 457 g/mol. The van der Waals surface area contributed by atoms with E-state index in [4.69, 9.17) is 5.14 Å². The molecule has 0 bridgehead atoms. The average molecular weight is 457 g/mol. The molecular formula is C16H7F8N3O2S. The Kier molecular flexibility index (Phi) is 5.10. The lowest BCUT2D eigenvalue weighted by Gasteiger charge is -2.12. The summed E-state index contributed by atoms with van der Waals surface area (Å²) in [6.07, 6.45) is -4.93. The molecular weight excluding hydrogens is 450 g/mol. The van der Waals surface area contributed by atoms with E-state index in [2.05, 4.69) is 5.10 Å². The zero-order valence-corrected chi connectivity index (χ0v) is 14.9. The van der Waals surface area contributed by atoms with Gasteiger partial charge in [0.05, 0.1) is 5.56 Å². The van der Waals surface area contributed by atoms with Gasteiger partial charge in [0.2, 0.25) is 15.8 Å². The first-order valence-electron chi connectivity index (χ1n) is 7.55. The van der Waals surface area contributed by atoms with Crippen LogP contribution in [-0.4, -0.2) is 18.2 Å². The van der Waals surface area contributed by atoms with Crippen molar-refractivity contribution < 1.29 is 43.5 Å². The van der Waals surface area contributed by atoms with E-state index in [-0.39, 0.29) is 22.9 Å². The Bertz CT molecular complexity index is 1270. The summed E-state index contributed by atoms with van der Waals surface area (Å²) in [6, 6.07) is 1.09. The molecule has 5 nitrogen and oxygen atoms in total. The van der Waals surface area contributed by atoms with Gasteiger partial charge >= 0.3 is 6.18 Å². The number of halogens is 8. The average Bonchev–Trinajstić information content (AvgIpc) is 2.89. The number of benzene rings is 2. The fourth-order valence-electron chi connectivity index (χ4n) is 2.56. The first-order valence-corrected chi connectivity index (χ1v) is 9.09. The number of hydrogen-bond acceptors (Lipinski definition) is 3. The summed E-state index contributed by atoms with van der Waals surface area (Å²) < 4.78 is 131. The third-order valence-corrected chi connectivity index (χ3v) is 4.80. The Morgan fingerprint density at radius 1 is 0.900 bits per heavy atom. The predicted octanol–water partition coefficient (Wildman–Crippen LogP) is 3.90. The molecule has 14 heteroatoms. The van der Waals surface area contributed by atoms with Gasteiger partial charge < -0.3 is 0 Å². The van der Waals surface area contributed by atoms with Crippen LogP contribution in [0.5, 0.6) is 0 Å². The van der Waals surface area contributed by atoms with Gasteiger partial charge in [-0.3, -0.25) is 0 Å². The predicted molar refractivity (Wildman–Crippen MR) is 85.2 cm³/mol. The van der Waals surface area contributed by atoms with Crippen LogP contribution in [-0.2, 0) is 16.2 Å². The lowest BCUT2D eigenvalue weighted by atomic mass is 10.1. The molecule has 0 fully saturated rings. The molecule has 0 aliphatic rings. The van der Waals surface area contributed by atoms with E-state index < -0.39 is 72.8 Å². The summed E-state index contributed by atoms with van der Waals surface area (Å²) >= 11 is 0. The van der Waals surface area contributed by atoms with E-state index >= 15 is 0 Å². The zero-order valence-electron chi connectivity index (χ0n) is 14.1. The number of alkyl halides is 3. The lowest BCUT2D eigenvalue weighted by molar-refractivity contribution is -0.137. The van der Waals surface area contributed by atoms with Crippen LogP contribution >= 0.6 is 0 Å². The van der Waals surface area contributed by atoms with Crippen molar-refractivity contribution in [2.45, 2.75) is 11.1 Å². The zero-order chi connectivity index (χ0) is 22.6. The highest BCUT2D eigenvalue weighted by Crippen LogP contribution is 2.35. The molecule has 0 amide bonds. The maximum atomic E-state index is 14.4. The number of nitrogens with zero attached hydrogens (tertiary/aromatic N) is 2.